The Labute approximate surface area is 131 Å². The molecule has 1 fully saturated rings. The van der Waals surface area contributed by atoms with Gasteiger partial charge in [-0.25, -0.2) is 9.18 Å². The summed E-state index contributed by atoms with van der Waals surface area (Å²) < 4.78 is 18.2. The second-order valence-electron chi connectivity index (χ2n) is 6.83. The van der Waals surface area contributed by atoms with Gasteiger partial charge in [0.05, 0.1) is 0 Å². The maximum absolute atomic E-state index is 12.9. The molecule has 0 aromatic heterocycles. The summed E-state index contributed by atoms with van der Waals surface area (Å²) in [7, 11) is 0. The van der Waals surface area contributed by atoms with E-state index in [4.69, 9.17) is 4.74 Å². The molecule has 22 heavy (non-hydrogen) atoms. The third kappa shape index (κ3) is 5.20. The molecule has 0 saturated heterocycles. The van der Waals surface area contributed by atoms with E-state index in [1.165, 1.54) is 12.1 Å². The molecule has 0 aliphatic heterocycles. The van der Waals surface area contributed by atoms with Crippen LogP contribution < -0.4 is 10.6 Å². The normalized spacial score (nSPS) is 21.5. The molecule has 5 heteroatoms. The largest absolute Gasteiger partial charge is 0.444 e. The van der Waals surface area contributed by atoms with E-state index >= 15 is 0 Å². The molecule has 2 atom stereocenters. The van der Waals surface area contributed by atoms with E-state index in [1.807, 2.05) is 20.8 Å². The van der Waals surface area contributed by atoms with Gasteiger partial charge in [0.15, 0.2) is 0 Å². The molecule has 2 unspecified atom stereocenters. The third-order valence-electron chi connectivity index (χ3n) is 3.76. The Balaban J connectivity index is 1.83. The van der Waals surface area contributed by atoms with Gasteiger partial charge in [-0.15, -0.1) is 0 Å². The lowest BCUT2D eigenvalue weighted by Crippen LogP contribution is -2.38. The van der Waals surface area contributed by atoms with E-state index in [0.29, 0.717) is 18.5 Å². The molecule has 122 valence electrons. The van der Waals surface area contributed by atoms with Gasteiger partial charge in [0, 0.05) is 18.3 Å². The second-order valence-corrected chi connectivity index (χ2v) is 6.83. The maximum atomic E-state index is 12.9. The summed E-state index contributed by atoms with van der Waals surface area (Å²) in [5.74, 6) is 0.123. The first-order valence-electron chi connectivity index (χ1n) is 7.82. The molecule has 0 radical (unpaired) electrons. The number of hydrogen-bond donors (Lipinski definition) is 2. The minimum absolute atomic E-state index is 0.236. The molecular weight excluding hydrogens is 283 g/mol. The van der Waals surface area contributed by atoms with E-state index in [2.05, 4.69) is 10.6 Å². The number of ether oxygens (including phenoxy) is 1. The van der Waals surface area contributed by atoms with Crippen molar-refractivity contribution in [2.45, 2.75) is 51.7 Å². The second kappa shape index (κ2) is 6.99. The number of carbonyl (C=O) groups excluding carboxylic acids is 1. The molecule has 1 saturated carbocycles. The minimum atomic E-state index is -0.481. The van der Waals surface area contributed by atoms with Crippen LogP contribution in [0.25, 0.3) is 0 Å². The number of halogens is 1. The van der Waals surface area contributed by atoms with Crippen LogP contribution in [0.2, 0.25) is 0 Å². The van der Waals surface area contributed by atoms with Crippen LogP contribution in [0, 0.1) is 11.7 Å². The van der Waals surface area contributed by atoms with Crippen molar-refractivity contribution < 1.29 is 13.9 Å². The molecular formula is C17H25FN2O2. The van der Waals surface area contributed by atoms with Crippen molar-refractivity contribution in [1.82, 2.24) is 5.32 Å². The zero-order valence-corrected chi connectivity index (χ0v) is 13.5. The number of carbonyl (C=O) groups is 1. The standard InChI is InChI=1S/C17H25FN2O2/c1-17(2,3)22-16(21)19-11-12-5-4-6-15(12)20-14-9-7-13(18)8-10-14/h7-10,12,15,20H,4-6,11H2,1-3H3,(H,19,21). The number of hydrogen-bond acceptors (Lipinski definition) is 3. The molecule has 1 aromatic rings. The van der Waals surface area contributed by atoms with Gasteiger partial charge in [-0.05, 0) is 63.8 Å². The van der Waals surface area contributed by atoms with Crippen LogP contribution in [-0.2, 0) is 4.74 Å². The van der Waals surface area contributed by atoms with Gasteiger partial charge in [-0.2, -0.15) is 0 Å². The average molecular weight is 308 g/mol. The number of alkyl carbamates (subject to hydrolysis) is 1. The van der Waals surface area contributed by atoms with Crippen molar-refractivity contribution in [2.24, 2.45) is 5.92 Å². The fourth-order valence-corrected chi connectivity index (χ4v) is 2.76. The Kier molecular flexibility index (Phi) is 5.27. The monoisotopic (exact) mass is 308 g/mol. The summed E-state index contributed by atoms with van der Waals surface area (Å²) >= 11 is 0. The highest BCUT2D eigenvalue weighted by molar-refractivity contribution is 5.67. The summed E-state index contributed by atoms with van der Waals surface area (Å²) in [5, 5.41) is 6.28. The SMILES string of the molecule is CC(C)(C)OC(=O)NCC1CCCC1Nc1ccc(F)cc1. The fraction of sp³-hybridized carbons (Fsp3) is 0.588. The Bertz CT molecular complexity index is 496. The molecule has 0 spiro atoms. The molecule has 1 aliphatic rings. The Morgan fingerprint density at radius 2 is 1.95 bits per heavy atom. The maximum Gasteiger partial charge on any atom is 0.407 e. The van der Waals surface area contributed by atoms with Crippen LogP contribution in [0.5, 0.6) is 0 Å². The average Bonchev–Trinajstić information content (AvgIpc) is 2.84. The van der Waals surface area contributed by atoms with Crippen LogP contribution in [0.4, 0.5) is 14.9 Å². The van der Waals surface area contributed by atoms with Crippen LogP contribution in [0.1, 0.15) is 40.0 Å². The van der Waals surface area contributed by atoms with Gasteiger partial charge in [0.1, 0.15) is 11.4 Å². The Morgan fingerprint density at radius 1 is 1.27 bits per heavy atom. The molecule has 4 nitrogen and oxygen atoms in total. The summed E-state index contributed by atoms with van der Waals surface area (Å²) in [4.78, 5) is 11.7. The van der Waals surface area contributed by atoms with Crippen molar-refractivity contribution >= 4 is 11.8 Å². The predicted molar refractivity (Wildman–Crippen MR) is 85.4 cm³/mol. The van der Waals surface area contributed by atoms with Crippen LogP contribution in [-0.4, -0.2) is 24.3 Å². The van der Waals surface area contributed by atoms with Gasteiger partial charge >= 0.3 is 6.09 Å². The van der Waals surface area contributed by atoms with Crippen molar-refractivity contribution in [3.8, 4) is 0 Å². The van der Waals surface area contributed by atoms with Crippen molar-refractivity contribution in [3.05, 3.63) is 30.1 Å². The van der Waals surface area contributed by atoms with E-state index in [1.54, 1.807) is 12.1 Å². The number of amides is 1. The van der Waals surface area contributed by atoms with Gasteiger partial charge in [-0.3, -0.25) is 0 Å². The van der Waals surface area contributed by atoms with E-state index in [0.717, 1.165) is 24.9 Å². The zero-order chi connectivity index (χ0) is 16.2. The van der Waals surface area contributed by atoms with E-state index < -0.39 is 5.60 Å². The smallest absolute Gasteiger partial charge is 0.407 e. The highest BCUT2D eigenvalue weighted by Crippen LogP contribution is 2.28. The molecule has 1 aromatic carbocycles. The first-order valence-corrected chi connectivity index (χ1v) is 7.82. The molecule has 2 rings (SSSR count). The summed E-state index contributed by atoms with van der Waals surface area (Å²) in [6.07, 6.45) is 2.87. The first-order chi connectivity index (χ1) is 10.3. The van der Waals surface area contributed by atoms with Crippen LogP contribution >= 0.6 is 0 Å². The molecule has 2 N–H and O–H groups in total. The van der Waals surface area contributed by atoms with Gasteiger partial charge in [-0.1, -0.05) is 6.42 Å². The van der Waals surface area contributed by atoms with Gasteiger partial charge in [0.25, 0.3) is 0 Å². The lowest BCUT2D eigenvalue weighted by Gasteiger charge is -2.24. The highest BCUT2D eigenvalue weighted by Gasteiger charge is 2.28. The predicted octanol–water partition coefficient (Wildman–Crippen LogP) is 3.93. The zero-order valence-electron chi connectivity index (χ0n) is 13.5. The van der Waals surface area contributed by atoms with Crippen LogP contribution in [0.15, 0.2) is 24.3 Å². The molecule has 0 heterocycles. The number of nitrogens with one attached hydrogen (secondary N) is 2. The molecule has 1 amide bonds. The number of benzene rings is 1. The first kappa shape index (κ1) is 16.6. The highest BCUT2D eigenvalue weighted by atomic mass is 19.1. The van der Waals surface area contributed by atoms with E-state index in [9.17, 15) is 9.18 Å². The van der Waals surface area contributed by atoms with Crippen molar-refractivity contribution in [1.29, 1.82) is 0 Å². The van der Waals surface area contributed by atoms with Crippen LogP contribution in [0.3, 0.4) is 0 Å². The number of rotatable bonds is 4. The third-order valence-corrected chi connectivity index (χ3v) is 3.76. The Hall–Kier alpha value is -1.78. The van der Waals surface area contributed by atoms with Gasteiger partial charge in [0.2, 0.25) is 0 Å². The molecule has 1 aliphatic carbocycles. The lowest BCUT2D eigenvalue weighted by atomic mass is 10.0. The topological polar surface area (TPSA) is 50.4 Å². The number of anilines is 1. The summed E-state index contributed by atoms with van der Waals surface area (Å²) in [5.41, 5.74) is 0.432. The minimum Gasteiger partial charge on any atom is -0.444 e. The fourth-order valence-electron chi connectivity index (χ4n) is 2.76. The molecule has 0 bridgehead atoms. The van der Waals surface area contributed by atoms with Gasteiger partial charge < -0.3 is 15.4 Å². The summed E-state index contributed by atoms with van der Waals surface area (Å²) in [6.45, 7) is 6.14. The lowest BCUT2D eigenvalue weighted by molar-refractivity contribution is 0.0519. The Morgan fingerprint density at radius 3 is 2.59 bits per heavy atom. The van der Waals surface area contributed by atoms with Crippen molar-refractivity contribution in [2.75, 3.05) is 11.9 Å². The van der Waals surface area contributed by atoms with Crippen molar-refractivity contribution in [3.63, 3.8) is 0 Å². The van der Waals surface area contributed by atoms with E-state index in [-0.39, 0.29) is 11.9 Å². The quantitative estimate of drug-likeness (QED) is 0.886. The summed E-state index contributed by atoms with van der Waals surface area (Å²) in [6, 6.07) is 6.68.